The van der Waals surface area contributed by atoms with Crippen molar-refractivity contribution in [2.75, 3.05) is 4.72 Å². The molecule has 14 heavy (non-hydrogen) atoms. The summed E-state index contributed by atoms with van der Waals surface area (Å²) in [6.07, 6.45) is 0. The first-order chi connectivity index (χ1) is 6.84. The molecule has 5 nitrogen and oxygen atoms in total. The van der Waals surface area contributed by atoms with Crippen molar-refractivity contribution >= 4 is 17.9 Å². The molecule has 2 N–H and O–H groups in total. The number of aryl methyl sites for hydroxylation is 1. The van der Waals surface area contributed by atoms with Gasteiger partial charge in [-0.25, -0.2) is 0 Å². The van der Waals surface area contributed by atoms with Gasteiger partial charge in [-0.15, -0.1) is 5.10 Å². The van der Waals surface area contributed by atoms with Gasteiger partial charge in [0, 0.05) is 4.90 Å². The van der Waals surface area contributed by atoms with Gasteiger partial charge in [0.1, 0.15) is 0 Å². The van der Waals surface area contributed by atoms with E-state index < -0.39 is 0 Å². The monoisotopic (exact) mass is 207 g/mol. The third-order valence-electron chi connectivity index (χ3n) is 1.63. The molecule has 0 fully saturated rings. The normalized spacial score (nSPS) is 10.1. The molecule has 6 heteroatoms. The van der Waals surface area contributed by atoms with E-state index >= 15 is 0 Å². The summed E-state index contributed by atoms with van der Waals surface area (Å²) in [5.41, 5.74) is 1.24. The lowest BCUT2D eigenvalue weighted by atomic mass is 10.2. The summed E-state index contributed by atoms with van der Waals surface area (Å²) in [6, 6.07) is 8.18. The van der Waals surface area contributed by atoms with E-state index in [2.05, 4.69) is 44.4 Å². The van der Waals surface area contributed by atoms with E-state index in [1.807, 2.05) is 12.1 Å². The number of H-pyrrole nitrogens is 1. The van der Waals surface area contributed by atoms with Gasteiger partial charge in [-0.05, 0) is 36.2 Å². The highest BCUT2D eigenvalue weighted by Gasteiger charge is 1.97. The molecular weight excluding hydrogens is 198 g/mol. The molecule has 0 aliphatic carbocycles. The summed E-state index contributed by atoms with van der Waals surface area (Å²) in [5.74, 6) is 0.482. The van der Waals surface area contributed by atoms with Crippen molar-refractivity contribution < 1.29 is 0 Å². The predicted octanol–water partition coefficient (Wildman–Crippen LogP) is 1.63. The molecule has 0 aliphatic heterocycles. The van der Waals surface area contributed by atoms with Gasteiger partial charge >= 0.3 is 0 Å². The summed E-state index contributed by atoms with van der Waals surface area (Å²) in [4.78, 5) is 1.11. The molecule has 0 radical (unpaired) electrons. The minimum atomic E-state index is 0.482. The average Bonchev–Trinajstić information content (AvgIpc) is 2.70. The van der Waals surface area contributed by atoms with Crippen molar-refractivity contribution in [3.8, 4) is 0 Å². The van der Waals surface area contributed by atoms with Crippen LogP contribution >= 0.6 is 11.9 Å². The summed E-state index contributed by atoms with van der Waals surface area (Å²) in [6.45, 7) is 2.06. The number of nitrogens with zero attached hydrogens (tertiary/aromatic N) is 3. The van der Waals surface area contributed by atoms with Crippen molar-refractivity contribution in [1.82, 2.24) is 20.6 Å². The Morgan fingerprint density at radius 1 is 1.29 bits per heavy atom. The van der Waals surface area contributed by atoms with Crippen molar-refractivity contribution in [2.45, 2.75) is 11.8 Å². The van der Waals surface area contributed by atoms with E-state index in [1.54, 1.807) is 0 Å². The van der Waals surface area contributed by atoms with Gasteiger partial charge in [0.05, 0.1) is 0 Å². The molecule has 0 aliphatic rings. The van der Waals surface area contributed by atoms with Gasteiger partial charge in [0.2, 0.25) is 0 Å². The molecule has 2 aromatic rings. The minimum absolute atomic E-state index is 0.482. The Balaban J connectivity index is 1.95. The molecule has 1 heterocycles. The zero-order valence-corrected chi connectivity index (χ0v) is 8.38. The molecule has 0 saturated carbocycles. The molecule has 1 aromatic carbocycles. The number of aromatic nitrogens is 4. The first-order valence-corrected chi connectivity index (χ1v) is 4.89. The van der Waals surface area contributed by atoms with Crippen LogP contribution in [0.5, 0.6) is 0 Å². The number of nitrogens with one attached hydrogen (secondary N) is 2. The second-order valence-electron chi connectivity index (χ2n) is 2.75. The minimum Gasteiger partial charge on any atom is -0.291 e. The molecule has 1 aromatic heterocycles. The maximum Gasteiger partial charge on any atom is 0.273 e. The summed E-state index contributed by atoms with van der Waals surface area (Å²) in [7, 11) is 0. The molecule has 0 bridgehead atoms. The Hall–Kier alpha value is -1.56. The number of benzene rings is 1. The van der Waals surface area contributed by atoms with Gasteiger partial charge < -0.3 is 0 Å². The maximum absolute atomic E-state index is 3.77. The SMILES string of the molecule is Cc1ccc(SNc2nn[nH]n2)cc1. The highest BCUT2D eigenvalue weighted by atomic mass is 32.2. The fourth-order valence-electron chi connectivity index (χ4n) is 0.916. The number of hydrogen-bond donors (Lipinski definition) is 2. The van der Waals surface area contributed by atoms with E-state index in [0.29, 0.717) is 5.95 Å². The molecule has 2 rings (SSSR count). The maximum atomic E-state index is 3.77. The summed E-state index contributed by atoms with van der Waals surface area (Å²) >= 11 is 1.45. The smallest absolute Gasteiger partial charge is 0.273 e. The van der Waals surface area contributed by atoms with E-state index in [-0.39, 0.29) is 0 Å². The molecule has 0 unspecified atom stereocenters. The van der Waals surface area contributed by atoms with Crippen LogP contribution in [0.1, 0.15) is 5.56 Å². The van der Waals surface area contributed by atoms with Crippen LogP contribution in [0.2, 0.25) is 0 Å². The van der Waals surface area contributed by atoms with Crippen LogP contribution in [0, 0.1) is 6.92 Å². The van der Waals surface area contributed by atoms with E-state index in [9.17, 15) is 0 Å². The highest BCUT2D eigenvalue weighted by Crippen LogP contribution is 2.18. The van der Waals surface area contributed by atoms with Gasteiger partial charge in [-0.3, -0.25) is 4.72 Å². The number of anilines is 1. The largest absolute Gasteiger partial charge is 0.291 e. The summed E-state index contributed by atoms with van der Waals surface area (Å²) in [5, 5.41) is 13.3. The van der Waals surface area contributed by atoms with E-state index in [0.717, 1.165) is 4.90 Å². The van der Waals surface area contributed by atoms with Crippen molar-refractivity contribution in [1.29, 1.82) is 0 Å². The second-order valence-corrected chi connectivity index (χ2v) is 3.63. The summed E-state index contributed by atoms with van der Waals surface area (Å²) < 4.78 is 2.96. The Labute approximate surface area is 85.4 Å². The van der Waals surface area contributed by atoms with E-state index in [4.69, 9.17) is 0 Å². The lowest BCUT2D eigenvalue weighted by molar-refractivity contribution is 0.881. The lowest BCUT2D eigenvalue weighted by Crippen LogP contribution is -1.88. The second kappa shape index (κ2) is 4.10. The van der Waals surface area contributed by atoms with Crippen LogP contribution in [-0.2, 0) is 0 Å². The van der Waals surface area contributed by atoms with Crippen molar-refractivity contribution in [3.63, 3.8) is 0 Å². The lowest BCUT2D eigenvalue weighted by Gasteiger charge is -2.00. The number of hydrogen-bond acceptors (Lipinski definition) is 5. The van der Waals surface area contributed by atoms with Crippen LogP contribution in [0.4, 0.5) is 5.95 Å². The number of rotatable bonds is 3. The fraction of sp³-hybridized carbons (Fsp3) is 0.125. The van der Waals surface area contributed by atoms with Gasteiger partial charge in [0.25, 0.3) is 5.95 Å². The van der Waals surface area contributed by atoms with Crippen LogP contribution in [0.25, 0.3) is 0 Å². The molecule has 72 valence electrons. The molecule has 0 saturated heterocycles. The average molecular weight is 207 g/mol. The molecule has 0 atom stereocenters. The Morgan fingerprint density at radius 2 is 2.07 bits per heavy atom. The third-order valence-corrected chi connectivity index (χ3v) is 2.42. The Kier molecular flexibility index (Phi) is 2.64. The number of tetrazole rings is 1. The third kappa shape index (κ3) is 2.23. The van der Waals surface area contributed by atoms with Crippen molar-refractivity contribution in [2.24, 2.45) is 0 Å². The molecule has 0 amide bonds. The molecular formula is C8H9N5S. The first-order valence-electron chi connectivity index (χ1n) is 4.07. The Morgan fingerprint density at radius 3 is 2.71 bits per heavy atom. The Bertz CT molecular complexity index is 383. The predicted molar refractivity (Wildman–Crippen MR) is 54.8 cm³/mol. The quantitative estimate of drug-likeness (QED) is 0.749. The zero-order valence-electron chi connectivity index (χ0n) is 7.56. The van der Waals surface area contributed by atoms with Crippen LogP contribution < -0.4 is 4.72 Å². The van der Waals surface area contributed by atoms with Gasteiger partial charge in [-0.1, -0.05) is 22.8 Å². The molecule has 0 spiro atoms. The highest BCUT2D eigenvalue weighted by molar-refractivity contribution is 8.00. The van der Waals surface area contributed by atoms with Gasteiger partial charge in [0.15, 0.2) is 0 Å². The first kappa shape index (κ1) is 9.01. The van der Waals surface area contributed by atoms with Crippen LogP contribution in [0.3, 0.4) is 0 Å². The van der Waals surface area contributed by atoms with Gasteiger partial charge in [-0.2, -0.15) is 5.21 Å². The standard InChI is InChI=1S/C8H9N5S/c1-6-2-4-7(5-3-6)14-11-8-9-12-13-10-8/h2-5H,1H3,(H2,9,10,11,12,13). The van der Waals surface area contributed by atoms with Crippen molar-refractivity contribution in [3.05, 3.63) is 29.8 Å². The number of aromatic amines is 1. The zero-order chi connectivity index (χ0) is 9.80. The van der Waals surface area contributed by atoms with Crippen LogP contribution in [-0.4, -0.2) is 20.6 Å². The fourth-order valence-corrected chi connectivity index (χ4v) is 1.48. The topological polar surface area (TPSA) is 66.5 Å². The van der Waals surface area contributed by atoms with Crippen LogP contribution in [0.15, 0.2) is 29.2 Å². The van der Waals surface area contributed by atoms with E-state index in [1.165, 1.54) is 17.5 Å².